The van der Waals surface area contributed by atoms with Gasteiger partial charge in [-0.15, -0.1) is 0 Å². The van der Waals surface area contributed by atoms with Gasteiger partial charge in [-0.3, -0.25) is 10.1 Å². The van der Waals surface area contributed by atoms with Gasteiger partial charge in [0.1, 0.15) is 5.75 Å². The lowest BCUT2D eigenvalue weighted by Gasteiger charge is -2.16. The molecule has 0 atom stereocenters. The molecule has 0 saturated carbocycles. The maximum atomic E-state index is 12.5. The molecule has 0 radical (unpaired) electrons. The zero-order valence-electron chi connectivity index (χ0n) is 12.9. The van der Waals surface area contributed by atoms with E-state index < -0.39 is 17.7 Å². The van der Waals surface area contributed by atoms with E-state index in [1.54, 1.807) is 19.1 Å². The minimum atomic E-state index is -3.05. The fourth-order valence-electron chi connectivity index (χ4n) is 2.27. The second kappa shape index (κ2) is 7.56. The third-order valence-electron chi connectivity index (χ3n) is 3.26. The number of nitro benzene ring substituents is 1. The highest BCUT2D eigenvalue weighted by Gasteiger charge is 2.15. The van der Waals surface area contributed by atoms with Crippen molar-refractivity contribution in [2.24, 2.45) is 0 Å². The molecule has 0 bridgehead atoms. The van der Waals surface area contributed by atoms with Crippen LogP contribution in [0.1, 0.15) is 16.7 Å². The van der Waals surface area contributed by atoms with Crippen molar-refractivity contribution >= 4 is 11.8 Å². The average molecular weight is 352 g/mol. The van der Waals surface area contributed by atoms with Gasteiger partial charge in [0.25, 0.3) is 11.8 Å². The van der Waals surface area contributed by atoms with E-state index in [1.165, 1.54) is 6.07 Å². The number of rotatable bonds is 6. The van der Waals surface area contributed by atoms with E-state index in [2.05, 4.69) is 9.47 Å². The van der Waals surface area contributed by atoms with Crippen LogP contribution in [-0.4, -0.2) is 17.7 Å². The summed E-state index contributed by atoms with van der Waals surface area (Å²) in [5.74, 6) is -0.304. The number of nitrogens with zero attached hydrogens (tertiary/aromatic N) is 1. The molecule has 0 amide bonds. The predicted octanol–water partition coefficient (Wildman–Crippen LogP) is 2.82. The number of carbonyl (C=O) groups is 1. The highest BCUT2D eigenvalue weighted by atomic mass is 19.3. The lowest BCUT2D eigenvalue weighted by molar-refractivity contribution is -0.384. The Morgan fingerprint density at radius 3 is 2.40 bits per heavy atom. The van der Waals surface area contributed by atoms with E-state index in [0.717, 1.165) is 23.8 Å². The number of hydrogen-bond acceptors (Lipinski definition) is 6. The molecule has 132 valence electrons. The normalized spacial score (nSPS) is 10.6. The Kier molecular flexibility index (Phi) is 5.48. The summed E-state index contributed by atoms with van der Waals surface area (Å²) >= 11 is 0. The van der Waals surface area contributed by atoms with E-state index in [1.807, 2.05) is 0 Å². The molecule has 2 aromatic carbocycles. The Morgan fingerprint density at radius 2 is 1.80 bits per heavy atom. The maximum absolute atomic E-state index is 12.5. The molecule has 0 aliphatic heterocycles. The molecule has 0 fully saturated rings. The molecule has 0 saturated heterocycles. The molecule has 0 aliphatic rings. The van der Waals surface area contributed by atoms with Gasteiger partial charge in [0.15, 0.2) is 0 Å². The molecule has 2 rings (SSSR count). The molecule has 25 heavy (non-hydrogen) atoms. The summed E-state index contributed by atoms with van der Waals surface area (Å²) in [7, 11) is 0. The van der Waals surface area contributed by atoms with Crippen LogP contribution in [0.4, 0.5) is 19.3 Å². The van der Waals surface area contributed by atoms with E-state index in [9.17, 15) is 28.8 Å². The molecule has 0 spiro atoms. The van der Waals surface area contributed by atoms with Crippen molar-refractivity contribution < 1.29 is 33.1 Å². The Hall–Kier alpha value is -3.23. The first kappa shape index (κ1) is 18.1. The van der Waals surface area contributed by atoms with Gasteiger partial charge in [-0.2, -0.15) is 8.78 Å². The van der Waals surface area contributed by atoms with Crippen LogP contribution in [0.2, 0.25) is 0 Å². The number of benzene rings is 2. The summed E-state index contributed by atoms with van der Waals surface area (Å²) in [5, 5.41) is 21.6. The zero-order chi connectivity index (χ0) is 18.6. The van der Waals surface area contributed by atoms with Crippen LogP contribution >= 0.6 is 0 Å². The Bertz CT molecular complexity index is 809. The summed E-state index contributed by atoms with van der Waals surface area (Å²) in [4.78, 5) is 20.9. The van der Waals surface area contributed by atoms with Crippen LogP contribution < -0.4 is 14.6 Å². The largest absolute Gasteiger partial charge is 0.514 e. The molecule has 0 N–H and O–H groups in total. The van der Waals surface area contributed by atoms with Crippen molar-refractivity contribution in [1.82, 2.24) is 0 Å². The number of nitro groups is 1. The third-order valence-corrected chi connectivity index (χ3v) is 3.26. The second-order valence-corrected chi connectivity index (χ2v) is 5.07. The molecular formula is C16H12F2NO6-. The summed E-state index contributed by atoms with van der Waals surface area (Å²) in [6.07, 6.45) is -1.96. The summed E-state index contributed by atoms with van der Waals surface area (Å²) < 4.78 is 34.0. The lowest BCUT2D eigenvalue weighted by Crippen LogP contribution is -2.26. The Balaban J connectivity index is 2.47. The van der Waals surface area contributed by atoms with Crippen LogP contribution in [0.3, 0.4) is 0 Å². The Labute approximate surface area is 140 Å². The highest BCUT2D eigenvalue weighted by Crippen LogP contribution is 2.31. The third kappa shape index (κ3) is 4.87. The van der Waals surface area contributed by atoms with Gasteiger partial charge in [-0.1, -0.05) is 17.7 Å². The average Bonchev–Trinajstić information content (AvgIpc) is 2.50. The van der Waals surface area contributed by atoms with Crippen molar-refractivity contribution in [3.63, 3.8) is 0 Å². The first-order valence-electron chi connectivity index (χ1n) is 6.96. The number of carboxylic acid groups (broad SMARTS) is 1. The van der Waals surface area contributed by atoms with Crippen molar-refractivity contribution in [3.8, 4) is 11.5 Å². The fourth-order valence-corrected chi connectivity index (χ4v) is 2.27. The number of non-ortho nitro benzene ring substituents is 1. The number of alkyl halides is 2. The molecule has 0 aliphatic carbocycles. The Morgan fingerprint density at radius 1 is 1.16 bits per heavy atom. The highest BCUT2D eigenvalue weighted by molar-refractivity contribution is 5.61. The monoisotopic (exact) mass is 352 g/mol. The van der Waals surface area contributed by atoms with E-state index in [4.69, 9.17) is 0 Å². The first-order valence-corrected chi connectivity index (χ1v) is 6.96. The molecule has 0 heterocycles. The van der Waals surface area contributed by atoms with Crippen LogP contribution in [0, 0.1) is 17.0 Å². The minimum absolute atomic E-state index is 0.114. The second-order valence-electron chi connectivity index (χ2n) is 5.07. The summed E-state index contributed by atoms with van der Waals surface area (Å²) in [5.41, 5.74) is 0.848. The quantitative estimate of drug-likeness (QED) is 0.343. The molecular weight excluding hydrogens is 340 g/mol. The van der Waals surface area contributed by atoms with E-state index in [-0.39, 0.29) is 29.2 Å². The number of hydrogen-bond donors (Lipinski definition) is 0. The van der Waals surface area contributed by atoms with Crippen molar-refractivity contribution in [2.75, 3.05) is 0 Å². The number of ether oxygens (including phenoxy) is 2. The van der Waals surface area contributed by atoms with Crippen molar-refractivity contribution in [2.45, 2.75) is 20.0 Å². The molecule has 7 nitrogen and oxygen atoms in total. The minimum Gasteiger partial charge on any atom is -0.514 e. The van der Waals surface area contributed by atoms with E-state index >= 15 is 0 Å². The van der Waals surface area contributed by atoms with Crippen LogP contribution in [0.15, 0.2) is 36.4 Å². The van der Waals surface area contributed by atoms with Gasteiger partial charge in [-0.05, 0) is 30.2 Å². The smallest absolute Gasteiger partial charge is 0.387 e. The molecule has 2 aromatic rings. The number of halogens is 2. The van der Waals surface area contributed by atoms with Gasteiger partial charge in [0.2, 0.25) is 0 Å². The van der Waals surface area contributed by atoms with Crippen LogP contribution in [0.25, 0.3) is 0 Å². The van der Waals surface area contributed by atoms with Gasteiger partial charge in [-0.25, -0.2) is 0 Å². The summed E-state index contributed by atoms with van der Waals surface area (Å²) in [6.45, 7) is -1.33. The van der Waals surface area contributed by atoms with Crippen LogP contribution in [-0.2, 0) is 6.42 Å². The molecule has 9 heteroatoms. The topological polar surface area (TPSA) is 102 Å². The number of carbonyl (C=O) groups excluding carboxylic acids is 1. The maximum Gasteiger partial charge on any atom is 0.387 e. The fraction of sp³-hybridized carbons (Fsp3) is 0.188. The van der Waals surface area contributed by atoms with Crippen molar-refractivity contribution in [3.05, 3.63) is 63.2 Å². The van der Waals surface area contributed by atoms with E-state index in [0.29, 0.717) is 5.56 Å². The SMILES string of the molecule is Cc1ccc(OC(F)F)c(Cc2cc([N+](=O)[O-])ccc2OC(=O)[O-])c1. The zero-order valence-corrected chi connectivity index (χ0v) is 12.9. The predicted molar refractivity (Wildman–Crippen MR) is 79.7 cm³/mol. The number of aryl methyl sites for hydroxylation is 1. The van der Waals surface area contributed by atoms with Gasteiger partial charge in [0.05, 0.1) is 10.7 Å². The van der Waals surface area contributed by atoms with Crippen molar-refractivity contribution in [1.29, 1.82) is 0 Å². The summed E-state index contributed by atoms with van der Waals surface area (Å²) in [6, 6.07) is 7.73. The van der Waals surface area contributed by atoms with Crippen LogP contribution in [0.5, 0.6) is 11.5 Å². The standard InChI is InChI=1S/C16H13F2NO6/c1-9-2-4-13(24-15(17)18)10(6-9)7-11-8-12(19(22)23)3-5-14(11)25-16(20)21/h2-6,8,15H,7H2,1H3,(H,20,21)/p-1. The van der Waals surface area contributed by atoms with Gasteiger partial charge in [0, 0.05) is 18.6 Å². The first-order chi connectivity index (χ1) is 11.8. The van der Waals surface area contributed by atoms with Gasteiger partial charge < -0.3 is 19.4 Å². The molecule has 0 aromatic heterocycles. The molecule has 0 unspecified atom stereocenters. The lowest BCUT2D eigenvalue weighted by atomic mass is 10.0. The van der Waals surface area contributed by atoms with Gasteiger partial charge >= 0.3 is 6.61 Å².